The summed E-state index contributed by atoms with van der Waals surface area (Å²) in [4.78, 5) is 28.8. The van der Waals surface area contributed by atoms with Crippen LogP contribution < -0.4 is 10.9 Å². The highest BCUT2D eigenvalue weighted by Gasteiger charge is 2.30. The van der Waals surface area contributed by atoms with Gasteiger partial charge < -0.3 is 25.1 Å². The van der Waals surface area contributed by atoms with Gasteiger partial charge in [0.25, 0.3) is 5.56 Å². The van der Waals surface area contributed by atoms with Crippen LogP contribution in [-0.2, 0) is 18.3 Å². The molecule has 0 spiro atoms. The van der Waals surface area contributed by atoms with Crippen LogP contribution in [0.5, 0.6) is 11.5 Å². The zero-order chi connectivity index (χ0) is 25.4. The maximum absolute atomic E-state index is 13.8. The fraction of sp³-hybridized carbons (Fsp3) is 0.172. The van der Waals surface area contributed by atoms with Crippen molar-refractivity contribution in [1.82, 2.24) is 14.9 Å². The summed E-state index contributed by atoms with van der Waals surface area (Å²) in [5.74, 6) is -0.727. The van der Waals surface area contributed by atoms with E-state index in [4.69, 9.17) is 0 Å². The number of aromatic nitrogens is 2. The van der Waals surface area contributed by atoms with Crippen LogP contribution in [0.4, 0.5) is 0 Å². The van der Waals surface area contributed by atoms with E-state index in [-0.39, 0.29) is 28.5 Å². The first-order valence-electron chi connectivity index (χ1n) is 11.8. The lowest BCUT2D eigenvalue weighted by atomic mass is 9.85. The molecule has 0 bridgehead atoms. The van der Waals surface area contributed by atoms with E-state index in [2.05, 4.69) is 10.3 Å². The molecule has 0 aliphatic heterocycles. The van der Waals surface area contributed by atoms with Gasteiger partial charge in [0.1, 0.15) is 11.5 Å². The summed E-state index contributed by atoms with van der Waals surface area (Å²) in [5.41, 5.74) is 3.91. The van der Waals surface area contributed by atoms with Gasteiger partial charge in [-0.05, 0) is 47.9 Å². The number of H-pyrrole nitrogens is 1. The first-order valence-corrected chi connectivity index (χ1v) is 11.8. The molecule has 5 aromatic rings. The third kappa shape index (κ3) is 3.98. The second-order valence-electron chi connectivity index (χ2n) is 8.96. The average Bonchev–Trinajstić information content (AvgIpc) is 3.24. The van der Waals surface area contributed by atoms with Gasteiger partial charge in [0.15, 0.2) is 0 Å². The number of carbonyl (C=O) groups is 1. The molecule has 7 nitrogen and oxygen atoms in total. The monoisotopic (exact) mass is 481 g/mol. The summed E-state index contributed by atoms with van der Waals surface area (Å²) in [6.07, 6.45) is 0.530. The highest BCUT2D eigenvalue weighted by Crippen LogP contribution is 2.41. The minimum atomic E-state index is -0.645. The Kier molecular flexibility index (Phi) is 5.98. The number of benzene rings is 3. The van der Waals surface area contributed by atoms with Crippen molar-refractivity contribution in [3.8, 4) is 11.5 Å². The Bertz CT molecular complexity index is 1650. The molecule has 0 fully saturated rings. The van der Waals surface area contributed by atoms with Crippen LogP contribution in [-0.4, -0.2) is 32.2 Å². The number of para-hydroxylation sites is 2. The molecule has 7 heteroatoms. The summed E-state index contributed by atoms with van der Waals surface area (Å²) in [6, 6.07) is 21.8. The predicted octanol–water partition coefficient (Wildman–Crippen LogP) is 4.29. The lowest BCUT2D eigenvalue weighted by Gasteiger charge is -2.22. The Hall–Kier alpha value is -4.52. The second kappa shape index (κ2) is 9.26. The molecule has 0 unspecified atom stereocenters. The smallest absolute Gasteiger partial charge is 0.258 e. The number of amides is 1. The molecule has 182 valence electrons. The van der Waals surface area contributed by atoms with Crippen LogP contribution in [0, 0.1) is 0 Å². The van der Waals surface area contributed by atoms with E-state index in [1.165, 1.54) is 6.92 Å². The number of nitrogens with zero attached hydrogens (tertiary/aromatic N) is 1. The number of aryl methyl sites for hydroxylation is 1. The number of aromatic hydroxyl groups is 2. The largest absolute Gasteiger partial charge is 0.508 e. The molecule has 1 amide bonds. The Balaban J connectivity index is 1.82. The highest BCUT2D eigenvalue weighted by atomic mass is 16.3. The standard InChI is InChI=1S/C29H27N3O4/c1-17(33)30-16-15-21-20-7-3-5-9-23(20)31-27(21)25(18-11-13-19(34)14-12-18)26-28(35)22-8-4-6-10-24(22)32(2)29(26)36/h3-14,25,31,34-35H,15-16H2,1-2H3,(H,30,33)/t25-/m0/s1. The Morgan fingerprint density at radius 3 is 2.36 bits per heavy atom. The molecule has 0 saturated heterocycles. The van der Waals surface area contributed by atoms with Crippen molar-refractivity contribution in [2.75, 3.05) is 6.54 Å². The van der Waals surface area contributed by atoms with Crippen LogP contribution in [0.15, 0.2) is 77.6 Å². The van der Waals surface area contributed by atoms with Crippen molar-refractivity contribution in [1.29, 1.82) is 0 Å². The first kappa shape index (κ1) is 23.2. The molecule has 2 heterocycles. The molecule has 0 saturated carbocycles. The van der Waals surface area contributed by atoms with Crippen LogP contribution in [0.3, 0.4) is 0 Å². The SMILES string of the molecule is CC(=O)NCCc1c([C@@H](c2ccc(O)cc2)c2c(O)c3ccccc3n(C)c2=O)[nH]c2ccccc12. The highest BCUT2D eigenvalue weighted by molar-refractivity contribution is 5.88. The number of nitrogens with one attached hydrogen (secondary N) is 2. The van der Waals surface area contributed by atoms with Gasteiger partial charge in [0, 0.05) is 42.5 Å². The average molecular weight is 482 g/mol. The van der Waals surface area contributed by atoms with Gasteiger partial charge in [-0.3, -0.25) is 9.59 Å². The summed E-state index contributed by atoms with van der Waals surface area (Å²) in [7, 11) is 1.70. The molecule has 1 atom stereocenters. The summed E-state index contributed by atoms with van der Waals surface area (Å²) >= 11 is 0. The van der Waals surface area contributed by atoms with E-state index >= 15 is 0 Å². The summed E-state index contributed by atoms with van der Waals surface area (Å²) < 4.78 is 1.55. The molecule has 36 heavy (non-hydrogen) atoms. The van der Waals surface area contributed by atoms with Gasteiger partial charge >= 0.3 is 0 Å². The quantitative estimate of drug-likeness (QED) is 0.290. The lowest BCUT2D eigenvalue weighted by Crippen LogP contribution is -2.26. The van der Waals surface area contributed by atoms with Crippen LogP contribution in [0.25, 0.3) is 21.8 Å². The molecule has 4 N–H and O–H groups in total. The number of hydrogen-bond donors (Lipinski definition) is 4. The van der Waals surface area contributed by atoms with Gasteiger partial charge in [0.2, 0.25) is 5.91 Å². The number of aromatic amines is 1. The van der Waals surface area contributed by atoms with E-state index in [0.29, 0.717) is 23.9 Å². The predicted molar refractivity (Wildman–Crippen MR) is 141 cm³/mol. The fourth-order valence-corrected chi connectivity index (χ4v) is 5.01. The number of pyridine rings is 1. The minimum absolute atomic E-state index is 0.0711. The van der Waals surface area contributed by atoms with Gasteiger partial charge in [0.05, 0.1) is 17.0 Å². The number of phenolic OH excluding ortho intramolecular Hbond substituents is 1. The number of phenols is 1. The zero-order valence-electron chi connectivity index (χ0n) is 20.1. The molecule has 0 radical (unpaired) electrons. The van der Waals surface area contributed by atoms with E-state index in [9.17, 15) is 19.8 Å². The molecule has 2 aromatic heterocycles. The second-order valence-corrected chi connectivity index (χ2v) is 8.96. The third-order valence-corrected chi connectivity index (χ3v) is 6.71. The maximum Gasteiger partial charge on any atom is 0.258 e. The van der Waals surface area contributed by atoms with Gasteiger partial charge in [-0.2, -0.15) is 0 Å². The normalized spacial score (nSPS) is 12.2. The molecule has 0 aliphatic carbocycles. The van der Waals surface area contributed by atoms with Gasteiger partial charge in [-0.1, -0.05) is 42.5 Å². The van der Waals surface area contributed by atoms with Crippen LogP contribution >= 0.6 is 0 Å². The van der Waals surface area contributed by atoms with Gasteiger partial charge in [-0.15, -0.1) is 0 Å². The van der Waals surface area contributed by atoms with Crippen molar-refractivity contribution < 1.29 is 15.0 Å². The minimum Gasteiger partial charge on any atom is -0.508 e. The summed E-state index contributed by atoms with van der Waals surface area (Å²) in [5, 5.41) is 25.9. The number of rotatable bonds is 6. The van der Waals surface area contributed by atoms with Crippen molar-refractivity contribution in [3.05, 3.63) is 106 Å². The van der Waals surface area contributed by atoms with Crippen molar-refractivity contribution in [2.45, 2.75) is 19.3 Å². The fourth-order valence-electron chi connectivity index (χ4n) is 5.01. The van der Waals surface area contributed by atoms with Gasteiger partial charge in [-0.25, -0.2) is 0 Å². The molecule has 5 rings (SSSR count). The number of hydrogen-bond acceptors (Lipinski definition) is 4. The zero-order valence-corrected chi connectivity index (χ0v) is 20.1. The molecular weight excluding hydrogens is 454 g/mol. The third-order valence-electron chi connectivity index (χ3n) is 6.71. The van der Waals surface area contributed by atoms with Crippen LogP contribution in [0.1, 0.15) is 35.2 Å². The van der Waals surface area contributed by atoms with Crippen LogP contribution in [0.2, 0.25) is 0 Å². The number of fused-ring (bicyclic) bond motifs is 2. The van der Waals surface area contributed by atoms with E-state index in [0.717, 1.165) is 27.7 Å². The van der Waals surface area contributed by atoms with E-state index in [1.807, 2.05) is 36.4 Å². The summed E-state index contributed by atoms with van der Waals surface area (Å²) in [6.45, 7) is 1.90. The Morgan fingerprint density at radius 1 is 0.972 bits per heavy atom. The van der Waals surface area contributed by atoms with Crippen molar-refractivity contribution in [2.24, 2.45) is 7.05 Å². The maximum atomic E-state index is 13.8. The first-order chi connectivity index (χ1) is 17.4. The Labute approximate surface area is 207 Å². The number of carbonyl (C=O) groups excluding carboxylic acids is 1. The molecule has 0 aliphatic rings. The molecule has 3 aromatic carbocycles. The Morgan fingerprint density at radius 2 is 1.64 bits per heavy atom. The van der Waals surface area contributed by atoms with Crippen molar-refractivity contribution in [3.63, 3.8) is 0 Å². The van der Waals surface area contributed by atoms with E-state index in [1.54, 1.807) is 48.0 Å². The van der Waals surface area contributed by atoms with Crippen molar-refractivity contribution >= 4 is 27.7 Å². The molecular formula is C29H27N3O4. The van der Waals surface area contributed by atoms with E-state index < -0.39 is 5.92 Å². The lowest BCUT2D eigenvalue weighted by molar-refractivity contribution is -0.118. The topological polar surface area (TPSA) is 107 Å².